The maximum atomic E-state index is 5.27. The van der Waals surface area contributed by atoms with Crippen LogP contribution >= 0.6 is 0 Å². The van der Waals surface area contributed by atoms with Crippen LogP contribution in [-0.2, 0) is 0 Å². The van der Waals surface area contributed by atoms with Crippen LogP contribution in [-0.4, -0.2) is 7.11 Å². The van der Waals surface area contributed by atoms with Crippen LogP contribution in [0.5, 0.6) is 5.75 Å². The van der Waals surface area contributed by atoms with Crippen LogP contribution in [0.2, 0.25) is 0 Å². The van der Waals surface area contributed by atoms with Gasteiger partial charge in [0.2, 0.25) is 0 Å². The number of benzene rings is 1. The Bertz CT molecular complexity index is 447. The van der Waals surface area contributed by atoms with E-state index in [-0.39, 0.29) is 0 Å². The molecule has 0 saturated heterocycles. The topological polar surface area (TPSA) is 9.23 Å². The average molecular weight is 184 g/mol. The molecule has 4 atom stereocenters. The molecule has 0 unspecified atom stereocenters. The molecule has 0 bridgehead atoms. The van der Waals surface area contributed by atoms with E-state index in [2.05, 4.69) is 30.4 Å². The molecule has 1 nitrogen and oxygen atoms in total. The molecular weight excluding hydrogens is 172 g/mol. The summed E-state index contributed by atoms with van der Waals surface area (Å²) in [6, 6.07) is 6.58. The maximum Gasteiger partial charge on any atom is 0.119 e. The standard InChI is InChI=1S/C13H12O/c1-14-7-2-3-8-11(6-7)9-4-5-10-12(8)13(9)10/h2-6,9-10,12-13H,1H3/t9-,10+,12-,13+/m1/s1. The fraction of sp³-hybridized carbons (Fsp3) is 0.385. The number of hydrogen-bond acceptors (Lipinski definition) is 1. The summed E-state index contributed by atoms with van der Waals surface area (Å²) in [4.78, 5) is 0. The van der Waals surface area contributed by atoms with E-state index in [0.29, 0.717) is 5.92 Å². The van der Waals surface area contributed by atoms with Crippen LogP contribution in [0, 0.1) is 11.8 Å². The molecule has 0 N–H and O–H groups in total. The van der Waals surface area contributed by atoms with E-state index in [1.165, 1.54) is 5.56 Å². The second-order valence-corrected chi connectivity index (χ2v) is 4.59. The van der Waals surface area contributed by atoms with Gasteiger partial charge in [-0.1, -0.05) is 18.2 Å². The highest BCUT2D eigenvalue weighted by Crippen LogP contribution is 2.71. The first-order chi connectivity index (χ1) is 6.90. The van der Waals surface area contributed by atoms with E-state index in [1.54, 1.807) is 12.7 Å². The summed E-state index contributed by atoms with van der Waals surface area (Å²) < 4.78 is 5.27. The second-order valence-electron chi connectivity index (χ2n) is 4.59. The SMILES string of the molecule is COc1ccc2c(c1)[C@H]1C=C[C@H]3[C@@H]2[C@H]31. The van der Waals surface area contributed by atoms with Gasteiger partial charge in [-0.2, -0.15) is 0 Å². The molecule has 0 amide bonds. The van der Waals surface area contributed by atoms with Gasteiger partial charge in [-0.05, 0) is 41.0 Å². The van der Waals surface area contributed by atoms with E-state index >= 15 is 0 Å². The Morgan fingerprint density at radius 1 is 1.14 bits per heavy atom. The van der Waals surface area contributed by atoms with Crippen LogP contribution < -0.4 is 4.74 Å². The predicted molar refractivity (Wildman–Crippen MR) is 54.6 cm³/mol. The summed E-state index contributed by atoms with van der Waals surface area (Å²) in [6.07, 6.45) is 4.80. The molecule has 1 fully saturated rings. The van der Waals surface area contributed by atoms with Crippen molar-refractivity contribution in [2.45, 2.75) is 11.8 Å². The quantitative estimate of drug-likeness (QED) is 0.610. The summed E-state index contributed by atoms with van der Waals surface area (Å²) >= 11 is 0. The number of rotatable bonds is 1. The van der Waals surface area contributed by atoms with Crippen molar-refractivity contribution in [3.05, 3.63) is 41.5 Å². The second kappa shape index (κ2) is 2.05. The molecule has 3 aliphatic rings. The highest BCUT2D eigenvalue weighted by molar-refractivity contribution is 5.56. The zero-order chi connectivity index (χ0) is 9.28. The summed E-state index contributed by atoms with van der Waals surface area (Å²) in [5.41, 5.74) is 3.10. The summed E-state index contributed by atoms with van der Waals surface area (Å²) in [5.74, 6) is 4.35. The number of hydrogen-bond donors (Lipinski definition) is 0. The Labute approximate surface area is 83.4 Å². The highest BCUT2D eigenvalue weighted by Gasteiger charge is 2.61. The van der Waals surface area contributed by atoms with E-state index in [9.17, 15) is 0 Å². The van der Waals surface area contributed by atoms with Gasteiger partial charge in [0.25, 0.3) is 0 Å². The highest BCUT2D eigenvalue weighted by atomic mass is 16.5. The number of allylic oxidation sites excluding steroid dienone is 2. The van der Waals surface area contributed by atoms with Gasteiger partial charge < -0.3 is 4.74 Å². The number of methoxy groups -OCH3 is 1. The van der Waals surface area contributed by atoms with Gasteiger partial charge in [0, 0.05) is 5.92 Å². The Hall–Kier alpha value is -1.24. The van der Waals surface area contributed by atoms with Crippen molar-refractivity contribution >= 4 is 0 Å². The van der Waals surface area contributed by atoms with Crippen LogP contribution in [0.15, 0.2) is 30.4 Å². The molecule has 1 saturated carbocycles. The van der Waals surface area contributed by atoms with Gasteiger partial charge in [-0.3, -0.25) is 0 Å². The summed E-state index contributed by atoms with van der Waals surface area (Å²) in [7, 11) is 1.74. The van der Waals surface area contributed by atoms with Crippen LogP contribution in [0.25, 0.3) is 0 Å². The third kappa shape index (κ3) is 0.617. The van der Waals surface area contributed by atoms with Gasteiger partial charge in [0.15, 0.2) is 0 Å². The van der Waals surface area contributed by atoms with Crippen molar-refractivity contribution < 1.29 is 4.74 Å². The molecule has 4 rings (SSSR count). The summed E-state index contributed by atoms with van der Waals surface area (Å²) in [5, 5.41) is 0. The van der Waals surface area contributed by atoms with Crippen molar-refractivity contribution in [2.75, 3.05) is 7.11 Å². The molecule has 0 spiro atoms. The first kappa shape index (κ1) is 7.10. The smallest absolute Gasteiger partial charge is 0.119 e. The van der Waals surface area contributed by atoms with Crippen molar-refractivity contribution in [1.82, 2.24) is 0 Å². The monoisotopic (exact) mass is 184 g/mol. The van der Waals surface area contributed by atoms with Gasteiger partial charge in [0.1, 0.15) is 5.75 Å². The molecular formula is C13H12O. The van der Waals surface area contributed by atoms with Crippen LogP contribution in [0.4, 0.5) is 0 Å². The third-order valence-electron chi connectivity index (χ3n) is 4.10. The third-order valence-corrected chi connectivity index (χ3v) is 4.10. The molecule has 1 aromatic rings. The van der Waals surface area contributed by atoms with Crippen molar-refractivity contribution in [1.29, 1.82) is 0 Å². The molecule has 14 heavy (non-hydrogen) atoms. The fourth-order valence-corrected chi connectivity index (χ4v) is 3.44. The molecule has 0 radical (unpaired) electrons. The Balaban J connectivity index is 1.92. The molecule has 70 valence electrons. The normalized spacial score (nSPS) is 39.5. The largest absolute Gasteiger partial charge is 0.497 e. The molecule has 0 heterocycles. The molecule has 0 aliphatic heterocycles. The van der Waals surface area contributed by atoms with Gasteiger partial charge in [-0.25, -0.2) is 0 Å². The minimum absolute atomic E-state index is 0.704. The fourth-order valence-electron chi connectivity index (χ4n) is 3.44. The lowest BCUT2D eigenvalue weighted by Crippen LogP contribution is -1.94. The van der Waals surface area contributed by atoms with E-state index in [4.69, 9.17) is 4.74 Å². The minimum Gasteiger partial charge on any atom is -0.497 e. The van der Waals surface area contributed by atoms with E-state index < -0.39 is 0 Å². The van der Waals surface area contributed by atoms with Crippen LogP contribution in [0.3, 0.4) is 0 Å². The molecule has 1 aromatic carbocycles. The Morgan fingerprint density at radius 2 is 2.07 bits per heavy atom. The minimum atomic E-state index is 0.704. The van der Waals surface area contributed by atoms with Gasteiger partial charge in [0.05, 0.1) is 7.11 Å². The lowest BCUT2D eigenvalue weighted by Gasteiger charge is -2.09. The van der Waals surface area contributed by atoms with Crippen molar-refractivity contribution in [3.8, 4) is 5.75 Å². The average Bonchev–Trinajstić information content (AvgIpc) is 2.68. The first-order valence-electron chi connectivity index (χ1n) is 5.26. The maximum absolute atomic E-state index is 5.27. The van der Waals surface area contributed by atoms with Crippen molar-refractivity contribution in [2.24, 2.45) is 11.8 Å². The van der Waals surface area contributed by atoms with Crippen molar-refractivity contribution in [3.63, 3.8) is 0 Å². The lowest BCUT2D eigenvalue weighted by atomic mass is 9.98. The van der Waals surface area contributed by atoms with Gasteiger partial charge in [-0.15, -0.1) is 0 Å². The number of fused-ring (bicyclic) bond motifs is 4. The Morgan fingerprint density at radius 3 is 2.93 bits per heavy atom. The Kier molecular flexibility index (Phi) is 1.04. The van der Waals surface area contributed by atoms with E-state index in [1.807, 2.05) is 0 Å². The molecule has 1 heteroatoms. The zero-order valence-electron chi connectivity index (χ0n) is 8.10. The zero-order valence-corrected chi connectivity index (χ0v) is 8.10. The first-order valence-corrected chi connectivity index (χ1v) is 5.26. The molecule has 3 aliphatic carbocycles. The van der Waals surface area contributed by atoms with Crippen LogP contribution in [0.1, 0.15) is 23.0 Å². The molecule has 0 aromatic heterocycles. The van der Waals surface area contributed by atoms with Gasteiger partial charge >= 0.3 is 0 Å². The summed E-state index contributed by atoms with van der Waals surface area (Å²) in [6.45, 7) is 0. The lowest BCUT2D eigenvalue weighted by molar-refractivity contribution is 0.414. The van der Waals surface area contributed by atoms with E-state index in [0.717, 1.165) is 23.5 Å². The number of ether oxygens (including phenoxy) is 1. The predicted octanol–water partition coefficient (Wildman–Crippen LogP) is 2.69.